The molecule has 3 aromatic rings. The molecular weight excluding hydrogens is 476 g/mol. The van der Waals surface area contributed by atoms with Crippen LogP contribution in [0, 0.1) is 0 Å². The number of methoxy groups -OCH3 is 1. The number of urea groups is 1. The Hall–Kier alpha value is -3.10. The molecule has 8 heteroatoms. The Morgan fingerprint density at radius 3 is 2.24 bits per heavy atom. The van der Waals surface area contributed by atoms with Gasteiger partial charge >= 0.3 is 6.03 Å². The van der Waals surface area contributed by atoms with Crippen molar-refractivity contribution in [3.05, 3.63) is 54.4 Å². The molecule has 0 bridgehead atoms. The lowest BCUT2D eigenvalue weighted by molar-refractivity contribution is -0.0669. The number of carbonyl (C=O) groups excluding carboxylic acids is 1. The summed E-state index contributed by atoms with van der Waals surface area (Å²) in [7, 11) is 1.85. The van der Waals surface area contributed by atoms with Crippen molar-refractivity contribution in [1.29, 1.82) is 0 Å². The van der Waals surface area contributed by atoms with Crippen LogP contribution in [0.4, 0.5) is 10.5 Å². The van der Waals surface area contributed by atoms with Gasteiger partial charge < -0.3 is 24.8 Å². The van der Waals surface area contributed by atoms with Crippen LogP contribution in [0.5, 0.6) is 0 Å². The molecule has 38 heavy (non-hydrogen) atoms. The highest BCUT2D eigenvalue weighted by Gasteiger charge is 2.36. The van der Waals surface area contributed by atoms with Crippen LogP contribution in [0.3, 0.4) is 0 Å². The molecule has 2 aromatic heterocycles. The van der Waals surface area contributed by atoms with E-state index in [1.807, 2.05) is 36.6 Å². The van der Waals surface area contributed by atoms with Crippen LogP contribution in [0.25, 0.3) is 16.6 Å². The van der Waals surface area contributed by atoms with Crippen molar-refractivity contribution >= 4 is 17.2 Å². The number of amides is 2. The van der Waals surface area contributed by atoms with Gasteiger partial charge in [0, 0.05) is 76.4 Å². The van der Waals surface area contributed by atoms with Gasteiger partial charge in [-0.1, -0.05) is 24.3 Å². The van der Waals surface area contributed by atoms with Crippen LogP contribution in [0.1, 0.15) is 46.1 Å². The number of hydrogen-bond donors (Lipinski definition) is 1. The van der Waals surface area contributed by atoms with Crippen LogP contribution in [-0.4, -0.2) is 83.9 Å². The fourth-order valence-electron chi connectivity index (χ4n) is 5.89. The molecule has 1 N–H and O–H groups in total. The fraction of sp³-hybridized carbons (Fsp3) is 0.533. The Labute approximate surface area is 226 Å². The molecule has 0 atom stereocenters. The van der Waals surface area contributed by atoms with Crippen molar-refractivity contribution in [1.82, 2.24) is 24.7 Å². The lowest BCUT2D eigenvalue weighted by Gasteiger charge is -2.42. The summed E-state index contributed by atoms with van der Waals surface area (Å²) in [5.74, 6) is 0. The lowest BCUT2D eigenvalue weighted by atomic mass is 9.83. The molecular formula is C30H42N6O2. The molecule has 0 radical (unpaired) electrons. The zero-order valence-electron chi connectivity index (χ0n) is 23.5. The van der Waals surface area contributed by atoms with E-state index in [0.717, 1.165) is 55.8 Å². The standard InChI is InChI=1S/C30H42N6O2/c1-22(2)32-29(37)35-18-16-34(17-19-35)27-10-13-31-36-21-25(20-28(27)36)24-6-8-26(9-7-24)30(38-5)11-14-33(15-12-30)23(3)4/h6-10,13,20-23H,11-12,14-19H2,1-5H3,(H,32,37). The summed E-state index contributed by atoms with van der Waals surface area (Å²) in [6.07, 6.45) is 5.99. The zero-order chi connectivity index (χ0) is 26.9. The first-order chi connectivity index (χ1) is 18.3. The number of nitrogens with one attached hydrogen (secondary N) is 1. The Kier molecular flexibility index (Phi) is 7.63. The first-order valence-electron chi connectivity index (χ1n) is 14.0. The summed E-state index contributed by atoms with van der Waals surface area (Å²) in [5, 5.41) is 7.59. The minimum absolute atomic E-state index is 0.0219. The maximum atomic E-state index is 12.4. The highest BCUT2D eigenvalue weighted by Crippen LogP contribution is 2.38. The molecule has 2 aliphatic rings. The summed E-state index contributed by atoms with van der Waals surface area (Å²) >= 11 is 0. The van der Waals surface area contributed by atoms with Gasteiger partial charge in [0.05, 0.1) is 16.8 Å². The van der Waals surface area contributed by atoms with Gasteiger partial charge in [-0.05, 0) is 63.8 Å². The van der Waals surface area contributed by atoms with E-state index in [1.54, 1.807) is 0 Å². The molecule has 1 aromatic carbocycles. The number of aromatic nitrogens is 2. The fourth-order valence-corrected chi connectivity index (χ4v) is 5.89. The van der Waals surface area contributed by atoms with Crippen molar-refractivity contribution in [2.75, 3.05) is 51.3 Å². The van der Waals surface area contributed by atoms with Gasteiger partial charge in [0.2, 0.25) is 0 Å². The number of likely N-dealkylation sites (tertiary alicyclic amines) is 1. The minimum Gasteiger partial charge on any atom is -0.373 e. The minimum atomic E-state index is -0.210. The van der Waals surface area contributed by atoms with Gasteiger partial charge in [-0.25, -0.2) is 9.31 Å². The monoisotopic (exact) mass is 518 g/mol. The van der Waals surface area contributed by atoms with Gasteiger partial charge in [0.25, 0.3) is 0 Å². The van der Waals surface area contributed by atoms with Crippen LogP contribution in [-0.2, 0) is 10.3 Å². The molecule has 5 rings (SSSR count). The predicted molar refractivity (Wildman–Crippen MR) is 153 cm³/mol. The van der Waals surface area contributed by atoms with E-state index >= 15 is 0 Å². The van der Waals surface area contributed by atoms with Crippen LogP contribution in [0.15, 0.2) is 48.8 Å². The zero-order valence-corrected chi connectivity index (χ0v) is 23.5. The van der Waals surface area contributed by atoms with Crippen molar-refractivity contribution in [2.24, 2.45) is 0 Å². The Morgan fingerprint density at radius 2 is 1.63 bits per heavy atom. The summed E-state index contributed by atoms with van der Waals surface area (Å²) in [5.41, 5.74) is 5.61. The number of ether oxygens (including phenoxy) is 1. The Balaban J connectivity index is 1.32. The van der Waals surface area contributed by atoms with Crippen LogP contribution in [0.2, 0.25) is 0 Å². The molecule has 2 saturated heterocycles. The van der Waals surface area contributed by atoms with E-state index in [2.05, 4.69) is 76.7 Å². The quantitative estimate of drug-likeness (QED) is 0.517. The van der Waals surface area contributed by atoms with E-state index in [9.17, 15) is 4.79 Å². The summed E-state index contributed by atoms with van der Waals surface area (Å²) in [6, 6.07) is 13.9. The Morgan fingerprint density at radius 1 is 0.947 bits per heavy atom. The summed E-state index contributed by atoms with van der Waals surface area (Å²) < 4.78 is 8.10. The highest BCUT2D eigenvalue weighted by molar-refractivity contribution is 5.80. The first-order valence-corrected chi connectivity index (χ1v) is 14.0. The number of piperidine rings is 1. The normalized spacial score (nSPS) is 18.5. The number of rotatable bonds is 6. The van der Waals surface area contributed by atoms with Crippen molar-refractivity contribution < 1.29 is 9.53 Å². The molecule has 0 aliphatic carbocycles. The number of fused-ring (bicyclic) bond motifs is 1. The van der Waals surface area contributed by atoms with Gasteiger partial charge in [-0.3, -0.25) is 0 Å². The van der Waals surface area contributed by atoms with Gasteiger partial charge in [0.1, 0.15) is 0 Å². The number of nitrogens with zero attached hydrogens (tertiary/aromatic N) is 5. The van der Waals surface area contributed by atoms with Crippen molar-refractivity contribution in [3.63, 3.8) is 0 Å². The van der Waals surface area contributed by atoms with Gasteiger partial charge in [-0.15, -0.1) is 0 Å². The second-order valence-corrected chi connectivity index (χ2v) is 11.3. The molecule has 0 saturated carbocycles. The third-order valence-corrected chi connectivity index (χ3v) is 8.28. The van der Waals surface area contributed by atoms with Crippen molar-refractivity contribution in [3.8, 4) is 11.1 Å². The number of hydrogen-bond acceptors (Lipinski definition) is 5. The summed E-state index contributed by atoms with van der Waals surface area (Å²) in [4.78, 5) is 19.2. The van der Waals surface area contributed by atoms with Crippen LogP contribution < -0.4 is 10.2 Å². The van der Waals surface area contributed by atoms with Gasteiger partial charge in [0.15, 0.2) is 0 Å². The average molecular weight is 519 g/mol. The van der Waals surface area contributed by atoms with E-state index in [1.165, 1.54) is 11.1 Å². The molecule has 2 fully saturated rings. The average Bonchev–Trinajstić information content (AvgIpc) is 3.37. The van der Waals surface area contributed by atoms with E-state index in [0.29, 0.717) is 19.1 Å². The Bertz CT molecular complexity index is 1240. The van der Waals surface area contributed by atoms with E-state index in [-0.39, 0.29) is 17.7 Å². The lowest BCUT2D eigenvalue weighted by Crippen LogP contribution is -2.53. The van der Waals surface area contributed by atoms with E-state index < -0.39 is 0 Å². The molecule has 0 spiro atoms. The highest BCUT2D eigenvalue weighted by atomic mass is 16.5. The maximum absolute atomic E-state index is 12.4. The number of anilines is 1. The van der Waals surface area contributed by atoms with Crippen molar-refractivity contribution in [2.45, 2.75) is 58.2 Å². The third kappa shape index (κ3) is 5.24. The smallest absolute Gasteiger partial charge is 0.317 e. The van der Waals surface area contributed by atoms with Crippen LogP contribution >= 0.6 is 0 Å². The number of piperazine rings is 1. The number of benzene rings is 1. The number of carbonyl (C=O) groups is 1. The molecule has 204 valence electrons. The molecule has 2 amide bonds. The second kappa shape index (κ2) is 10.9. The third-order valence-electron chi connectivity index (χ3n) is 8.28. The molecule has 4 heterocycles. The predicted octanol–water partition coefficient (Wildman–Crippen LogP) is 4.59. The SMILES string of the molecule is COC1(c2ccc(-c3cc4c(N5CCN(C(=O)NC(C)C)CC5)ccnn4c3)cc2)CCN(C(C)C)CC1. The molecule has 2 aliphatic heterocycles. The molecule has 0 unspecified atom stereocenters. The first kappa shape index (κ1) is 26.5. The van der Waals surface area contributed by atoms with Gasteiger partial charge in [-0.2, -0.15) is 5.10 Å². The largest absolute Gasteiger partial charge is 0.373 e. The second-order valence-electron chi connectivity index (χ2n) is 11.3. The summed E-state index contributed by atoms with van der Waals surface area (Å²) in [6.45, 7) is 13.6. The molecule has 8 nitrogen and oxygen atoms in total. The topological polar surface area (TPSA) is 65.3 Å². The maximum Gasteiger partial charge on any atom is 0.317 e. The van der Waals surface area contributed by atoms with E-state index in [4.69, 9.17) is 4.74 Å².